The lowest BCUT2D eigenvalue weighted by Gasteiger charge is -2.27. The first-order chi connectivity index (χ1) is 16.1. The van der Waals surface area contributed by atoms with E-state index in [0.717, 1.165) is 5.56 Å². The largest absolute Gasteiger partial charge is 0.399 e. The molecule has 1 aliphatic heterocycles. The SMILES string of the molecule is Nc1cccc(C#Cc2cnc3cnc(-c4ccc(C(=O)N5CCOCC5)c(F)c4)cn23)c1. The molecule has 8 heteroatoms. The van der Waals surface area contributed by atoms with Gasteiger partial charge in [-0.1, -0.05) is 18.1 Å². The number of hydrogen-bond acceptors (Lipinski definition) is 5. The second-order valence-corrected chi connectivity index (χ2v) is 7.62. The van der Waals surface area contributed by atoms with Gasteiger partial charge in [0, 0.05) is 36.1 Å². The summed E-state index contributed by atoms with van der Waals surface area (Å²) in [6, 6.07) is 11.8. The van der Waals surface area contributed by atoms with Gasteiger partial charge in [0.05, 0.1) is 36.9 Å². The maximum absolute atomic E-state index is 14.9. The number of ether oxygens (including phenoxy) is 1. The Labute approximate surface area is 189 Å². The molecule has 5 rings (SSSR count). The zero-order valence-corrected chi connectivity index (χ0v) is 17.7. The van der Waals surface area contributed by atoms with Crippen LogP contribution in [0.25, 0.3) is 16.9 Å². The Hall–Kier alpha value is -4.22. The molecule has 0 radical (unpaired) electrons. The molecule has 2 aromatic carbocycles. The summed E-state index contributed by atoms with van der Waals surface area (Å²) < 4.78 is 21.9. The van der Waals surface area contributed by atoms with E-state index in [-0.39, 0.29) is 11.5 Å². The molecular weight excluding hydrogens is 421 g/mol. The van der Waals surface area contributed by atoms with Gasteiger partial charge < -0.3 is 15.4 Å². The highest BCUT2D eigenvalue weighted by Gasteiger charge is 2.21. The first kappa shape index (κ1) is 20.7. The highest BCUT2D eigenvalue weighted by molar-refractivity contribution is 5.95. The number of benzene rings is 2. The van der Waals surface area contributed by atoms with E-state index in [2.05, 4.69) is 21.8 Å². The van der Waals surface area contributed by atoms with Gasteiger partial charge in [-0.2, -0.15) is 0 Å². The number of nitrogen functional groups attached to an aromatic ring is 1. The van der Waals surface area contributed by atoms with Crippen molar-refractivity contribution in [2.24, 2.45) is 0 Å². The second kappa shape index (κ2) is 8.73. The van der Waals surface area contributed by atoms with E-state index in [4.69, 9.17) is 10.5 Å². The van der Waals surface area contributed by atoms with Crippen molar-refractivity contribution in [3.63, 3.8) is 0 Å². The molecule has 0 spiro atoms. The third kappa shape index (κ3) is 4.27. The monoisotopic (exact) mass is 441 g/mol. The molecule has 0 unspecified atom stereocenters. The second-order valence-electron chi connectivity index (χ2n) is 7.62. The number of nitrogens with two attached hydrogens (primary N) is 1. The zero-order valence-electron chi connectivity index (χ0n) is 17.7. The van der Waals surface area contributed by atoms with Gasteiger partial charge in [-0.05, 0) is 36.3 Å². The predicted octanol–water partition coefficient (Wildman–Crippen LogP) is 2.99. The molecule has 33 heavy (non-hydrogen) atoms. The number of nitrogens with zero attached hydrogens (tertiary/aromatic N) is 4. The molecule has 2 N–H and O–H groups in total. The van der Waals surface area contributed by atoms with Crippen LogP contribution in [-0.4, -0.2) is 51.5 Å². The van der Waals surface area contributed by atoms with Gasteiger partial charge in [-0.25, -0.2) is 9.37 Å². The molecule has 0 aliphatic carbocycles. The van der Waals surface area contributed by atoms with Crippen LogP contribution in [0.5, 0.6) is 0 Å². The van der Waals surface area contributed by atoms with Gasteiger partial charge in [-0.3, -0.25) is 14.2 Å². The average Bonchev–Trinajstić information content (AvgIpc) is 3.25. The van der Waals surface area contributed by atoms with Crippen molar-refractivity contribution in [3.8, 4) is 23.1 Å². The van der Waals surface area contributed by atoms with Crippen molar-refractivity contribution < 1.29 is 13.9 Å². The molecular formula is C25H20FN5O2. The third-order valence-electron chi connectivity index (χ3n) is 5.41. The lowest BCUT2D eigenvalue weighted by Crippen LogP contribution is -2.41. The average molecular weight is 441 g/mol. The Morgan fingerprint density at radius 3 is 2.70 bits per heavy atom. The number of fused-ring (bicyclic) bond motifs is 1. The van der Waals surface area contributed by atoms with Crippen molar-refractivity contribution in [2.75, 3.05) is 32.0 Å². The molecule has 7 nitrogen and oxygen atoms in total. The molecule has 1 fully saturated rings. The lowest BCUT2D eigenvalue weighted by atomic mass is 10.1. The maximum atomic E-state index is 14.9. The number of amides is 1. The molecule has 0 atom stereocenters. The van der Waals surface area contributed by atoms with Crippen LogP contribution in [0.4, 0.5) is 10.1 Å². The van der Waals surface area contributed by atoms with Crippen molar-refractivity contribution in [1.82, 2.24) is 19.3 Å². The number of carbonyl (C=O) groups excluding carboxylic acids is 1. The number of carbonyl (C=O) groups is 1. The van der Waals surface area contributed by atoms with E-state index in [1.165, 1.54) is 12.1 Å². The van der Waals surface area contributed by atoms with Crippen LogP contribution in [0, 0.1) is 17.7 Å². The van der Waals surface area contributed by atoms with E-state index in [9.17, 15) is 9.18 Å². The molecule has 3 heterocycles. The molecule has 2 aromatic heterocycles. The summed E-state index contributed by atoms with van der Waals surface area (Å²) in [4.78, 5) is 23.0. The van der Waals surface area contributed by atoms with Crippen molar-refractivity contribution in [3.05, 3.63) is 83.7 Å². The number of aromatic nitrogens is 3. The summed E-state index contributed by atoms with van der Waals surface area (Å²) in [6.07, 6.45) is 5.01. The fraction of sp³-hybridized carbons (Fsp3) is 0.160. The van der Waals surface area contributed by atoms with Crippen molar-refractivity contribution >= 4 is 17.2 Å². The highest BCUT2D eigenvalue weighted by atomic mass is 19.1. The van der Waals surface area contributed by atoms with Crippen LogP contribution in [0.2, 0.25) is 0 Å². The van der Waals surface area contributed by atoms with E-state index < -0.39 is 5.82 Å². The van der Waals surface area contributed by atoms with Crippen LogP contribution < -0.4 is 5.73 Å². The molecule has 1 saturated heterocycles. The standard InChI is InChI=1S/C25H20FN5O2/c26-22-13-18(5-7-21(22)25(32)30-8-10-33-11-9-30)23-16-31-20(14-29-24(31)15-28-23)6-4-17-2-1-3-19(27)12-17/h1-3,5,7,12-16H,8-11,27H2. The van der Waals surface area contributed by atoms with E-state index in [1.54, 1.807) is 46.1 Å². The summed E-state index contributed by atoms with van der Waals surface area (Å²) >= 11 is 0. The fourth-order valence-corrected chi connectivity index (χ4v) is 3.67. The normalized spacial score (nSPS) is 13.5. The topological polar surface area (TPSA) is 85.8 Å². The van der Waals surface area contributed by atoms with E-state index in [1.807, 2.05) is 12.1 Å². The molecule has 4 aromatic rings. The van der Waals surface area contributed by atoms with Crippen LogP contribution in [0.1, 0.15) is 21.6 Å². The number of imidazole rings is 1. The molecule has 0 saturated carbocycles. The van der Waals surface area contributed by atoms with Crippen LogP contribution in [-0.2, 0) is 4.74 Å². The van der Waals surface area contributed by atoms with Crippen LogP contribution in [0.3, 0.4) is 0 Å². The Kier molecular flexibility index (Phi) is 5.47. The lowest BCUT2D eigenvalue weighted by molar-refractivity contribution is 0.0300. The number of anilines is 1. The summed E-state index contributed by atoms with van der Waals surface area (Å²) in [7, 11) is 0. The van der Waals surface area contributed by atoms with Gasteiger partial charge in [0.25, 0.3) is 5.91 Å². The van der Waals surface area contributed by atoms with Gasteiger partial charge in [0.2, 0.25) is 0 Å². The van der Waals surface area contributed by atoms with Crippen LogP contribution >= 0.6 is 0 Å². The van der Waals surface area contributed by atoms with Crippen LogP contribution in [0.15, 0.2) is 61.1 Å². The molecule has 0 bridgehead atoms. The molecule has 1 aliphatic rings. The van der Waals surface area contributed by atoms with Gasteiger partial charge in [0.1, 0.15) is 11.5 Å². The smallest absolute Gasteiger partial charge is 0.256 e. The number of morpholine rings is 1. The Balaban J connectivity index is 1.45. The summed E-state index contributed by atoms with van der Waals surface area (Å²) in [6.45, 7) is 1.84. The zero-order chi connectivity index (χ0) is 22.8. The third-order valence-corrected chi connectivity index (χ3v) is 5.41. The summed E-state index contributed by atoms with van der Waals surface area (Å²) in [5.41, 5.74) is 9.66. The van der Waals surface area contributed by atoms with Gasteiger partial charge in [0.15, 0.2) is 5.65 Å². The van der Waals surface area contributed by atoms with E-state index in [0.29, 0.717) is 54.6 Å². The maximum Gasteiger partial charge on any atom is 0.256 e. The Morgan fingerprint density at radius 2 is 1.91 bits per heavy atom. The Morgan fingerprint density at radius 1 is 1.06 bits per heavy atom. The van der Waals surface area contributed by atoms with Gasteiger partial charge in [-0.15, -0.1) is 0 Å². The quantitative estimate of drug-likeness (QED) is 0.382. The minimum atomic E-state index is -0.585. The first-order valence-electron chi connectivity index (χ1n) is 10.5. The highest BCUT2D eigenvalue weighted by Crippen LogP contribution is 2.22. The summed E-state index contributed by atoms with van der Waals surface area (Å²) in [5.74, 6) is 5.25. The molecule has 1 amide bonds. The minimum absolute atomic E-state index is 0.0399. The summed E-state index contributed by atoms with van der Waals surface area (Å²) in [5, 5.41) is 0. The minimum Gasteiger partial charge on any atom is -0.399 e. The first-order valence-corrected chi connectivity index (χ1v) is 10.5. The van der Waals surface area contributed by atoms with Gasteiger partial charge >= 0.3 is 0 Å². The Bertz CT molecular complexity index is 1410. The fourth-order valence-electron chi connectivity index (χ4n) is 3.67. The number of hydrogen-bond donors (Lipinski definition) is 1. The van der Waals surface area contributed by atoms with Crippen molar-refractivity contribution in [2.45, 2.75) is 0 Å². The van der Waals surface area contributed by atoms with Crippen molar-refractivity contribution in [1.29, 1.82) is 0 Å². The van der Waals surface area contributed by atoms with E-state index >= 15 is 0 Å². The molecule has 164 valence electrons. The predicted molar refractivity (Wildman–Crippen MR) is 122 cm³/mol. The number of rotatable bonds is 2. The number of halogens is 1.